The molecule has 0 heterocycles. The van der Waals surface area contributed by atoms with E-state index in [4.69, 9.17) is 10.00 Å². The van der Waals surface area contributed by atoms with Gasteiger partial charge < -0.3 is 10.1 Å². The maximum absolute atomic E-state index is 11.4. The molecule has 21 heavy (non-hydrogen) atoms. The zero-order chi connectivity index (χ0) is 15.7. The molecule has 1 aromatic carbocycles. The molecule has 1 aromatic rings. The number of rotatable bonds is 5. The fraction of sp³-hybridized carbons (Fsp3) is 0.412. The van der Waals surface area contributed by atoms with Gasteiger partial charge in [-0.2, -0.15) is 5.26 Å². The monoisotopic (exact) mass is 286 g/mol. The molecule has 0 aliphatic carbocycles. The molecule has 0 aromatic heterocycles. The summed E-state index contributed by atoms with van der Waals surface area (Å²) in [6.45, 7) is 6.02. The van der Waals surface area contributed by atoms with Crippen LogP contribution in [-0.4, -0.2) is 18.2 Å². The maximum Gasteiger partial charge on any atom is 0.407 e. The number of hydrogen-bond donors (Lipinski definition) is 1. The third kappa shape index (κ3) is 7.17. The molecule has 0 saturated carbocycles. The number of ether oxygens (including phenoxy) is 1. The van der Waals surface area contributed by atoms with Gasteiger partial charge in [0.2, 0.25) is 0 Å². The van der Waals surface area contributed by atoms with Crippen molar-refractivity contribution in [3.05, 3.63) is 41.5 Å². The minimum atomic E-state index is -0.476. The van der Waals surface area contributed by atoms with Gasteiger partial charge in [0, 0.05) is 6.54 Å². The Kier molecular flexibility index (Phi) is 6.48. The molecule has 0 atom stereocenters. The molecule has 1 N–H and O–H groups in total. The molecule has 0 saturated heterocycles. The van der Waals surface area contributed by atoms with E-state index in [-0.39, 0.29) is 0 Å². The summed E-state index contributed by atoms with van der Waals surface area (Å²) in [5.74, 6) is 0. The average molecular weight is 286 g/mol. The predicted octanol–water partition coefficient (Wildman–Crippen LogP) is 3.68. The molecule has 0 bridgehead atoms. The summed E-state index contributed by atoms with van der Waals surface area (Å²) in [6, 6.07) is 9.95. The van der Waals surface area contributed by atoms with Crippen LogP contribution in [0.15, 0.2) is 30.3 Å². The van der Waals surface area contributed by atoms with Crippen LogP contribution >= 0.6 is 0 Å². The van der Waals surface area contributed by atoms with Gasteiger partial charge in [-0.3, -0.25) is 0 Å². The van der Waals surface area contributed by atoms with Crippen LogP contribution in [0, 0.1) is 11.3 Å². The Bertz CT molecular complexity index is 536. The molecule has 0 radical (unpaired) electrons. The first-order valence-corrected chi connectivity index (χ1v) is 7.00. The summed E-state index contributed by atoms with van der Waals surface area (Å²) in [5.41, 5.74) is 1.57. The lowest BCUT2D eigenvalue weighted by Crippen LogP contribution is -2.32. The van der Waals surface area contributed by atoms with Crippen LogP contribution in [0.25, 0.3) is 6.08 Å². The van der Waals surface area contributed by atoms with E-state index in [1.54, 1.807) is 0 Å². The maximum atomic E-state index is 11.4. The molecule has 1 rings (SSSR count). The fourth-order valence-electron chi connectivity index (χ4n) is 1.72. The number of amides is 1. The van der Waals surface area contributed by atoms with E-state index in [1.807, 2.05) is 57.2 Å². The predicted molar refractivity (Wildman–Crippen MR) is 83.6 cm³/mol. The van der Waals surface area contributed by atoms with Crippen LogP contribution in [-0.2, 0) is 11.2 Å². The van der Waals surface area contributed by atoms with Gasteiger partial charge >= 0.3 is 6.09 Å². The summed E-state index contributed by atoms with van der Waals surface area (Å²) < 4.78 is 5.14. The Balaban J connectivity index is 2.39. The molecule has 0 aliphatic heterocycles. The summed E-state index contributed by atoms with van der Waals surface area (Å²) >= 11 is 0. The summed E-state index contributed by atoms with van der Waals surface area (Å²) in [6.07, 6.45) is 4.66. The lowest BCUT2D eigenvalue weighted by atomic mass is 10.0. The average Bonchev–Trinajstić information content (AvgIpc) is 2.38. The molecule has 0 fully saturated rings. The Labute approximate surface area is 126 Å². The zero-order valence-electron chi connectivity index (χ0n) is 12.8. The second-order valence-electron chi connectivity index (χ2n) is 5.65. The van der Waals surface area contributed by atoms with Gasteiger partial charge in [0.1, 0.15) is 5.60 Å². The van der Waals surface area contributed by atoms with E-state index in [9.17, 15) is 4.79 Å². The third-order valence-electron chi connectivity index (χ3n) is 2.60. The summed E-state index contributed by atoms with van der Waals surface area (Å²) in [4.78, 5) is 11.4. The molecular formula is C17H22N2O2. The van der Waals surface area contributed by atoms with E-state index in [2.05, 4.69) is 11.4 Å². The molecule has 1 amide bonds. The van der Waals surface area contributed by atoms with E-state index >= 15 is 0 Å². The number of carbonyl (C=O) groups excluding carboxylic acids is 1. The minimum Gasteiger partial charge on any atom is -0.444 e. The van der Waals surface area contributed by atoms with Gasteiger partial charge in [-0.05, 0) is 38.3 Å². The zero-order valence-corrected chi connectivity index (χ0v) is 12.8. The number of nitrogens with one attached hydrogen (secondary N) is 1. The van der Waals surface area contributed by atoms with Crippen molar-refractivity contribution in [1.29, 1.82) is 5.26 Å². The van der Waals surface area contributed by atoms with Gasteiger partial charge in [-0.25, -0.2) is 4.79 Å². The van der Waals surface area contributed by atoms with Crippen molar-refractivity contribution in [3.8, 4) is 6.07 Å². The Morgan fingerprint density at radius 3 is 2.76 bits per heavy atom. The van der Waals surface area contributed by atoms with Gasteiger partial charge in [0.05, 0.1) is 12.5 Å². The molecule has 112 valence electrons. The lowest BCUT2D eigenvalue weighted by Gasteiger charge is -2.19. The highest BCUT2D eigenvalue weighted by molar-refractivity contribution is 5.67. The Morgan fingerprint density at radius 1 is 1.38 bits per heavy atom. The van der Waals surface area contributed by atoms with Crippen LogP contribution in [0.4, 0.5) is 4.79 Å². The number of nitrogens with zero attached hydrogens (tertiary/aromatic N) is 1. The molecule has 4 heteroatoms. The fourth-order valence-corrected chi connectivity index (χ4v) is 1.72. The lowest BCUT2D eigenvalue weighted by molar-refractivity contribution is 0.0529. The normalized spacial score (nSPS) is 11.1. The highest BCUT2D eigenvalue weighted by Crippen LogP contribution is 2.11. The van der Waals surface area contributed by atoms with Crippen molar-refractivity contribution in [1.82, 2.24) is 5.32 Å². The van der Waals surface area contributed by atoms with Crippen molar-refractivity contribution < 1.29 is 9.53 Å². The van der Waals surface area contributed by atoms with Crippen molar-refractivity contribution in [2.75, 3.05) is 6.54 Å². The number of hydrogen-bond acceptors (Lipinski definition) is 3. The first kappa shape index (κ1) is 16.8. The summed E-state index contributed by atoms with van der Waals surface area (Å²) in [5, 5.41) is 11.5. The van der Waals surface area contributed by atoms with Gasteiger partial charge in [0.25, 0.3) is 0 Å². The standard InChI is InChI=1S/C17H22N2O2/c1-17(2,3)21-16(20)19-13-7-6-10-14-8-4-5-9-15(14)11-12-18/h4-6,8-10H,7,11,13H2,1-3H3,(H,19,20). The second kappa shape index (κ2) is 8.11. The summed E-state index contributed by atoms with van der Waals surface area (Å²) in [7, 11) is 0. The Morgan fingerprint density at radius 2 is 2.10 bits per heavy atom. The number of carbonyl (C=O) groups is 1. The highest BCUT2D eigenvalue weighted by Gasteiger charge is 2.15. The topological polar surface area (TPSA) is 62.1 Å². The van der Waals surface area contributed by atoms with E-state index < -0.39 is 11.7 Å². The van der Waals surface area contributed by atoms with Crippen molar-refractivity contribution in [2.24, 2.45) is 0 Å². The number of benzene rings is 1. The number of nitriles is 1. The van der Waals surface area contributed by atoms with Crippen molar-refractivity contribution in [3.63, 3.8) is 0 Å². The Hall–Kier alpha value is -2.28. The van der Waals surface area contributed by atoms with Crippen molar-refractivity contribution >= 4 is 12.2 Å². The van der Waals surface area contributed by atoms with Crippen LogP contribution < -0.4 is 5.32 Å². The second-order valence-corrected chi connectivity index (χ2v) is 5.65. The first-order chi connectivity index (χ1) is 9.92. The number of alkyl carbamates (subject to hydrolysis) is 1. The molecule has 0 unspecified atom stereocenters. The largest absolute Gasteiger partial charge is 0.444 e. The van der Waals surface area contributed by atoms with Crippen LogP contribution in [0.2, 0.25) is 0 Å². The van der Waals surface area contributed by atoms with Gasteiger partial charge in [-0.15, -0.1) is 0 Å². The van der Waals surface area contributed by atoms with Crippen molar-refractivity contribution in [2.45, 2.75) is 39.2 Å². The smallest absolute Gasteiger partial charge is 0.407 e. The highest BCUT2D eigenvalue weighted by atomic mass is 16.6. The SMILES string of the molecule is CC(C)(C)OC(=O)NCCC=Cc1ccccc1CC#N. The first-order valence-electron chi connectivity index (χ1n) is 7.00. The van der Waals surface area contributed by atoms with E-state index in [0.717, 1.165) is 11.1 Å². The van der Waals surface area contributed by atoms with E-state index in [1.165, 1.54) is 0 Å². The molecule has 0 spiro atoms. The quantitative estimate of drug-likeness (QED) is 0.840. The minimum absolute atomic E-state index is 0.399. The third-order valence-corrected chi connectivity index (χ3v) is 2.60. The van der Waals surface area contributed by atoms with Gasteiger partial charge in [-0.1, -0.05) is 36.4 Å². The van der Waals surface area contributed by atoms with Gasteiger partial charge in [0.15, 0.2) is 0 Å². The molecule has 0 aliphatic rings. The van der Waals surface area contributed by atoms with Crippen LogP contribution in [0.3, 0.4) is 0 Å². The van der Waals surface area contributed by atoms with Crippen LogP contribution in [0.1, 0.15) is 38.3 Å². The van der Waals surface area contributed by atoms with E-state index in [0.29, 0.717) is 19.4 Å². The molecular weight excluding hydrogens is 264 g/mol. The molecule has 4 nitrogen and oxygen atoms in total. The van der Waals surface area contributed by atoms with Crippen LogP contribution in [0.5, 0.6) is 0 Å².